The molecule has 1 heterocycles. The number of aromatic nitrogens is 2. The summed E-state index contributed by atoms with van der Waals surface area (Å²) in [5.74, 6) is 0.179. The highest BCUT2D eigenvalue weighted by Crippen LogP contribution is 2.14. The van der Waals surface area contributed by atoms with E-state index in [1.165, 1.54) is 0 Å². The number of nitrogens with one attached hydrogen (secondary N) is 1. The molecule has 2 aromatic rings. The molecule has 0 fully saturated rings. The number of hydrogen-bond donors (Lipinski definition) is 1. The van der Waals surface area contributed by atoms with Gasteiger partial charge in [-0.2, -0.15) is 0 Å². The Labute approximate surface area is 104 Å². The van der Waals surface area contributed by atoms with Gasteiger partial charge in [0.1, 0.15) is 5.88 Å². The number of aryl methyl sites for hydroxylation is 1. The summed E-state index contributed by atoms with van der Waals surface area (Å²) in [4.78, 5) is 11.1. The maximum absolute atomic E-state index is 11.1. The highest BCUT2D eigenvalue weighted by atomic mass is 35.5. The molecule has 1 N–H and O–H groups in total. The van der Waals surface area contributed by atoms with Gasteiger partial charge in [0.15, 0.2) is 5.82 Å². The summed E-state index contributed by atoms with van der Waals surface area (Å²) >= 11 is 5.42. The van der Waals surface area contributed by atoms with E-state index in [9.17, 15) is 4.79 Å². The number of rotatable bonds is 3. The number of alkyl halides is 1. The van der Waals surface area contributed by atoms with Gasteiger partial charge in [-0.1, -0.05) is 18.2 Å². The van der Waals surface area contributed by atoms with Crippen LogP contribution in [0.25, 0.3) is 5.69 Å². The fraction of sp³-hybridized carbons (Fsp3) is 0.167. The first kappa shape index (κ1) is 11.7. The van der Waals surface area contributed by atoms with Crippen LogP contribution in [0.3, 0.4) is 0 Å². The summed E-state index contributed by atoms with van der Waals surface area (Å²) in [7, 11) is 0. The molecule has 0 saturated heterocycles. The molecule has 88 valence electrons. The summed E-state index contributed by atoms with van der Waals surface area (Å²) in [5.41, 5.74) is 1.90. The third-order valence-corrected chi connectivity index (χ3v) is 2.52. The largest absolute Gasteiger partial charge is 0.308 e. The predicted molar refractivity (Wildman–Crippen MR) is 67.7 cm³/mol. The average Bonchev–Trinajstić information content (AvgIpc) is 2.71. The smallest absolute Gasteiger partial charge is 0.240 e. The Morgan fingerprint density at radius 2 is 2.12 bits per heavy atom. The first-order valence-corrected chi connectivity index (χ1v) is 5.72. The standard InChI is InChI=1S/C12H12ClN3O/c1-9-7-11(14-12(17)8-13)15-16(9)10-5-3-2-4-6-10/h2-7H,8H2,1H3,(H,14,15,17). The van der Waals surface area contributed by atoms with Crippen LogP contribution in [-0.4, -0.2) is 21.6 Å². The van der Waals surface area contributed by atoms with Crippen molar-refractivity contribution in [3.05, 3.63) is 42.1 Å². The number of carbonyl (C=O) groups excluding carboxylic acids is 1. The molecule has 0 atom stereocenters. The summed E-state index contributed by atoms with van der Waals surface area (Å²) in [6.45, 7) is 1.93. The van der Waals surface area contributed by atoms with E-state index in [0.717, 1.165) is 11.4 Å². The molecule has 1 aromatic carbocycles. The molecule has 0 aliphatic rings. The van der Waals surface area contributed by atoms with E-state index in [-0.39, 0.29) is 11.8 Å². The van der Waals surface area contributed by atoms with Crippen molar-refractivity contribution in [1.82, 2.24) is 9.78 Å². The Balaban J connectivity index is 2.28. The van der Waals surface area contributed by atoms with Crippen molar-refractivity contribution in [2.45, 2.75) is 6.92 Å². The van der Waals surface area contributed by atoms with E-state index in [1.54, 1.807) is 10.7 Å². The maximum Gasteiger partial charge on any atom is 0.240 e. The lowest BCUT2D eigenvalue weighted by molar-refractivity contribution is -0.113. The molecular formula is C12H12ClN3O. The van der Waals surface area contributed by atoms with Gasteiger partial charge in [0.05, 0.1) is 5.69 Å². The Bertz CT molecular complexity index is 522. The topological polar surface area (TPSA) is 46.9 Å². The number of benzene rings is 1. The number of para-hydroxylation sites is 1. The van der Waals surface area contributed by atoms with Gasteiger partial charge in [-0.3, -0.25) is 4.79 Å². The zero-order valence-electron chi connectivity index (χ0n) is 9.35. The Hall–Kier alpha value is -1.81. The third-order valence-electron chi connectivity index (χ3n) is 2.28. The molecular weight excluding hydrogens is 238 g/mol. The van der Waals surface area contributed by atoms with Gasteiger partial charge in [0.2, 0.25) is 5.91 Å². The van der Waals surface area contributed by atoms with Crippen molar-refractivity contribution in [2.75, 3.05) is 11.2 Å². The normalized spacial score (nSPS) is 10.2. The first-order chi connectivity index (χ1) is 8.20. The molecule has 0 aliphatic heterocycles. The van der Waals surface area contributed by atoms with Gasteiger partial charge in [-0.05, 0) is 19.1 Å². The van der Waals surface area contributed by atoms with Gasteiger partial charge < -0.3 is 5.32 Å². The van der Waals surface area contributed by atoms with Crippen molar-refractivity contribution in [3.63, 3.8) is 0 Å². The van der Waals surface area contributed by atoms with Gasteiger partial charge in [0, 0.05) is 11.8 Å². The fourth-order valence-electron chi connectivity index (χ4n) is 1.54. The van der Waals surface area contributed by atoms with Crippen molar-refractivity contribution in [3.8, 4) is 5.69 Å². The lowest BCUT2D eigenvalue weighted by Gasteiger charge is -2.02. The second kappa shape index (κ2) is 5.01. The minimum absolute atomic E-state index is 0.0722. The zero-order valence-corrected chi connectivity index (χ0v) is 10.1. The maximum atomic E-state index is 11.1. The zero-order chi connectivity index (χ0) is 12.3. The Kier molecular flexibility index (Phi) is 3.44. The van der Waals surface area contributed by atoms with Crippen LogP contribution < -0.4 is 5.32 Å². The van der Waals surface area contributed by atoms with Crippen LogP contribution in [0.2, 0.25) is 0 Å². The highest BCUT2D eigenvalue weighted by Gasteiger charge is 2.07. The van der Waals surface area contributed by atoms with Crippen LogP contribution in [0.5, 0.6) is 0 Å². The predicted octanol–water partition coefficient (Wildman–Crippen LogP) is 2.36. The van der Waals surface area contributed by atoms with E-state index >= 15 is 0 Å². The minimum atomic E-state index is -0.260. The van der Waals surface area contributed by atoms with Crippen LogP contribution in [0, 0.1) is 6.92 Å². The molecule has 1 amide bonds. The van der Waals surface area contributed by atoms with E-state index in [1.807, 2.05) is 37.3 Å². The lowest BCUT2D eigenvalue weighted by atomic mass is 10.3. The number of amides is 1. The van der Waals surface area contributed by atoms with Crippen LogP contribution in [-0.2, 0) is 4.79 Å². The van der Waals surface area contributed by atoms with Crippen LogP contribution in [0.4, 0.5) is 5.82 Å². The van der Waals surface area contributed by atoms with Crippen LogP contribution in [0.1, 0.15) is 5.69 Å². The van der Waals surface area contributed by atoms with Gasteiger partial charge in [0.25, 0.3) is 0 Å². The SMILES string of the molecule is Cc1cc(NC(=O)CCl)nn1-c1ccccc1. The average molecular weight is 250 g/mol. The number of nitrogens with zero attached hydrogens (tertiary/aromatic N) is 2. The third kappa shape index (κ3) is 2.65. The van der Waals surface area contributed by atoms with Crippen molar-refractivity contribution < 1.29 is 4.79 Å². The van der Waals surface area contributed by atoms with Crippen LogP contribution in [0.15, 0.2) is 36.4 Å². The van der Waals surface area contributed by atoms with Crippen molar-refractivity contribution >= 4 is 23.3 Å². The lowest BCUT2D eigenvalue weighted by Crippen LogP contribution is -2.13. The summed E-state index contributed by atoms with van der Waals surface area (Å²) < 4.78 is 1.77. The van der Waals surface area contributed by atoms with E-state index in [0.29, 0.717) is 5.82 Å². The molecule has 0 unspecified atom stereocenters. The van der Waals surface area contributed by atoms with Gasteiger partial charge in [-0.15, -0.1) is 16.7 Å². The van der Waals surface area contributed by atoms with E-state index in [4.69, 9.17) is 11.6 Å². The van der Waals surface area contributed by atoms with E-state index in [2.05, 4.69) is 10.4 Å². The fourth-order valence-corrected chi connectivity index (χ4v) is 1.61. The molecule has 1 aromatic heterocycles. The van der Waals surface area contributed by atoms with Crippen LogP contribution >= 0.6 is 11.6 Å². The van der Waals surface area contributed by atoms with Gasteiger partial charge in [-0.25, -0.2) is 4.68 Å². The number of anilines is 1. The quantitative estimate of drug-likeness (QED) is 0.849. The molecule has 2 rings (SSSR count). The summed E-state index contributed by atoms with van der Waals surface area (Å²) in [5, 5.41) is 6.91. The highest BCUT2D eigenvalue weighted by molar-refractivity contribution is 6.28. The second-order valence-corrected chi connectivity index (χ2v) is 3.87. The number of carbonyl (C=O) groups is 1. The summed E-state index contributed by atoms with van der Waals surface area (Å²) in [6.07, 6.45) is 0. The monoisotopic (exact) mass is 249 g/mol. The summed E-state index contributed by atoms with van der Waals surface area (Å²) in [6, 6.07) is 11.5. The molecule has 17 heavy (non-hydrogen) atoms. The number of hydrogen-bond acceptors (Lipinski definition) is 2. The first-order valence-electron chi connectivity index (χ1n) is 5.18. The molecule has 0 saturated carbocycles. The molecule has 0 radical (unpaired) electrons. The Morgan fingerprint density at radius 1 is 1.41 bits per heavy atom. The molecule has 4 nitrogen and oxygen atoms in total. The Morgan fingerprint density at radius 3 is 2.76 bits per heavy atom. The number of halogens is 1. The van der Waals surface area contributed by atoms with Crippen molar-refractivity contribution in [2.24, 2.45) is 0 Å². The molecule has 0 aliphatic carbocycles. The second-order valence-electron chi connectivity index (χ2n) is 3.60. The van der Waals surface area contributed by atoms with Gasteiger partial charge >= 0.3 is 0 Å². The molecule has 5 heteroatoms. The molecule has 0 spiro atoms. The minimum Gasteiger partial charge on any atom is -0.308 e. The van der Waals surface area contributed by atoms with Crippen molar-refractivity contribution in [1.29, 1.82) is 0 Å². The molecule has 0 bridgehead atoms. The van der Waals surface area contributed by atoms with E-state index < -0.39 is 0 Å².